The number of ether oxygens (including phenoxy) is 3. The highest BCUT2D eigenvalue weighted by atomic mass is 79.9. The molecule has 0 fully saturated rings. The molecule has 0 heterocycles. The van der Waals surface area contributed by atoms with Crippen LogP contribution in [0.5, 0.6) is 5.75 Å². The first-order chi connectivity index (χ1) is 7.77. The van der Waals surface area contributed by atoms with E-state index in [2.05, 4.69) is 15.9 Å². The summed E-state index contributed by atoms with van der Waals surface area (Å²) < 4.78 is 16.0. The molecule has 0 aliphatic heterocycles. The third-order valence-electron chi connectivity index (χ3n) is 1.84. The Kier molecular flexibility index (Phi) is 6.07. The van der Waals surface area contributed by atoms with Crippen LogP contribution in [0.15, 0.2) is 22.7 Å². The lowest BCUT2D eigenvalue weighted by Gasteiger charge is -2.07. The van der Waals surface area contributed by atoms with Crippen LogP contribution in [0.25, 0.3) is 0 Å². The zero-order valence-electron chi connectivity index (χ0n) is 8.94. The molecule has 0 unspecified atom stereocenters. The van der Waals surface area contributed by atoms with Gasteiger partial charge in [-0.25, -0.2) is 0 Å². The fourth-order valence-electron chi connectivity index (χ4n) is 1.01. The van der Waals surface area contributed by atoms with Crippen molar-refractivity contribution < 1.29 is 19.0 Å². The van der Waals surface area contributed by atoms with Crippen molar-refractivity contribution in [1.82, 2.24) is 0 Å². The normalized spacial score (nSPS) is 10.1. The Bertz CT molecular complexity index is 341. The SMILES string of the molecule is COCCOCOc1ccc(Br)c(C=O)c1. The van der Waals surface area contributed by atoms with Crippen molar-refractivity contribution >= 4 is 22.2 Å². The summed E-state index contributed by atoms with van der Waals surface area (Å²) in [6, 6.07) is 5.17. The minimum absolute atomic E-state index is 0.142. The molecule has 88 valence electrons. The van der Waals surface area contributed by atoms with Gasteiger partial charge in [0.15, 0.2) is 13.1 Å². The molecule has 5 heteroatoms. The Labute approximate surface area is 103 Å². The van der Waals surface area contributed by atoms with Crippen LogP contribution in [0.1, 0.15) is 10.4 Å². The fraction of sp³-hybridized carbons (Fsp3) is 0.364. The van der Waals surface area contributed by atoms with Gasteiger partial charge in [-0.15, -0.1) is 0 Å². The number of methoxy groups -OCH3 is 1. The number of carbonyl (C=O) groups excluding carboxylic acids is 1. The quantitative estimate of drug-likeness (QED) is 0.439. The van der Waals surface area contributed by atoms with E-state index in [1.54, 1.807) is 25.3 Å². The molecule has 16 heavy (non-hydrogen) atoms. The van der Waals surface area contributed by atoms with E-state index in [1.165, 1.54) is 0 Å². The molecular formula is C11H13BrO4. The molecule has 1 aromatic rings. The largest absolute Gasteiger partial charge is 0.468 e. The summed E-state index contributed by atoms with van der Waals surface area (Å²) in [5.41, 5.74) is 0.550. The molecule has 0 N–H and O–H groups in total. The molecule has 1 aromatic carbocycles. The second kappa shape index (κ2) is 7.38. The van der Waals surface area contributed by atoms with E-state index in [9.17, 15) is 4.79 Å². The zero-order valence-corrected chi connectivity index (χ0v) is 10.5. The third kappa shape index (κ3) is 4.30. The summed E-state index contributed by atoms with van der Waals surface area (Å²) in [6.45, 7) is 1.15. The van der Waals surface area contributed by atoms with E-state index >= 15 is 0 Å². The Hall–Kier alpha value is -0.910. The zero-order chi connectivity index (χ0) is 11.8. The number of halogens is 1. The molecule has 0 atom stereocenters. The predicted molar refractivity (Wildman–Crippen MR) is 62.9 cm³/mol. The van der Waals surface area contributed by atoms with Gasteiger partial charge in [0.25, 0.3) is 0 Å². The molecule has 0 saturated heterocycles. The summed E-state index contributed by atoms with van der Waals surface area (Å²) in [5.74, 6) is 0.600. The van der Waals surface area contributed by atoms with Gasteiger partial charge in [0.1, 0.15) is 5.75 Å². The van der Waals surface area contributed by atoms with Crippen LogP contribution >= 0.6 is 15.9 Å². The van der Waals surface area contributed by atoms with Gasteiger partial charge in [-0.2, -0.15) is 0 Å². The van der Waals surface area contributed by atoms with E-state index in [4.69, 9.17) is 14.2 Å². The van der Waals surface area contributed by atoms with Gasteiger partial charge in [0.2, 0.25) is 0 Å². The molecular weight excluding hydrogens is 276 g/mol. The Balaban J connectivity index is 2.39. The summed E-state index contributed by atoms with van der Waals surface area (Å²) in [4.78, 5) is 10.7. The molecule has 4 nitrogen and oxygen atoms in total. The molecule has 0 amide bonds. The van der Waals surface area contributed by atoms with E-state index < -0.39 is 0 Å². The summed E-state index contributed by atoms with van der Waals surface area (Å²) >= 11 is 3.26. The van der Waals surface area contributed by atoms with Crippen LogP contribution in [-0.4, -0.2) is 33.4 Å². The maximum atomic E-state index is 10.7. The lowest BCUT2D eigenvalue weighted by molar-refractivity contribution is -0.00849. The lowest BCUT2D eigenvalue weighted by atomic mass is 10.2. The van der Waals surface area contributed by atoms with Crippen molar-refractivity contribution in [2.45, 2.75) is 0 Å². The predicted octanol–water partition coefficient (Wildman–Crippen LogP) is 2.26. The minimum atomic E-state index is 0.142. The molecule has 0 bridgehead atoms. The van der Waals surface area contributed by atoms with Crippen molar-refractivity contribution in [3.05, 3.63) is 28.2 Å². The van der Waals surface area contributed by atoms with Gasteiger partial charge >= 0.3 is 0 Å². The number of rotatable bonds is 7. The van der Waals surface area contributed by atoms with Crippen LogP contribution in [0.2, 0.25) is 0 Å². The van der Waals surface area contributed by atoms with Gasteiger partial charge in [0.05, 0.1) is 13.2 Å². The van der Waals surface area contributed by atoms with Crippen LogP contribution in [-0.2, 0) is 9.47 Å². The first-order valence-corrected chi connectivity index (χ1v) is 5.51. The van der Waals surface area contributed by atoms with Crippen molar-refractivity contribution in [2.75, 3.05) is 27.1 Å². The minimum Gasteiger partial charge on any atom is -0.468 e. The average molecular weight is 289 g/mol. The second-order valence-electron chi connectivity index (χ2n) is 2.96. The van der Waals surface area contributed by atoms with Gasteiger partial charge in [-0.3, -0.25) is 4.79 Å². The summed E-state index contributed by atoms with van der Waals surface area (Å²) in [7, 11) is 1.61. The molecule has 0 radical (unpaired) electrons. The number of aldehydes is 1. The first-order valence-electron chi connectivity index (χ1n) is 4.72. The number of hydrogen-bond donors (Lipinski definition) is 0. The molecule has 0 spiro atoms. The maximum absolute atomic E-state index is 10.7. The molecule has 0 saturated carbocycles. The average Bonchev–Trinajstić information content (AvgIpc) is 2.31. The van der Waals surface area contributed by atoms with Gasteiger partial charge in [-0.1, -0.05) is 15.9 Å². The van der Waals surface area contributed by atoms with Crippen molar-refractivity contribution in [2.24, 2.45) is 0 Å². The molecule has 0 aromatic heterocycles. The Morgan fingerprint density at radius 3 is 2.88 bits per heavy atom. The standard InChI is InChI=1S/C11H13BrO4/c1-14-4-5-15-8-16-10-2-3-11(12)9(6-10)7-13/h2-3,6-7H,4-5,8H2,1H3. The lowest BCUT2D eigenvalue weighted by Crippen LogP contribution is -2.07. The van der Waals surface area contributed by atoms with E-state index in [0.717, 1.165) is 10.8 Å². The van der Waals surface area contributed by atoms with Crippen LogP contribution in [0.4, 0.5) is 0 Å². The van der Waals surface area contributed by atoms with Crippen LogP contribution in [0.3, 0.4) is 0 Å². The van der Waals surface area contributed by atoms with Crippen molar-refractivity contribution in [1.29, 1.82) is 0 Å². The molecule has 1 rings (SSSR count). The maximum Gasteiger partial charge on any atom is 0.189 e. The highest BCUT2D eigenvalue weighted by Gasteiger charge is 2.01. The molecule has 0 aliphatic carbocycles. The number of carbonyl (C=O) groups is 1. The van der Waals surface area contributed by atoms with Gasteiger partial charge in [-0.05, 0) is 18.2 Å². The summed E-state index contributed by atoms with van der Waals surface area (Å²) in [5, 5.41) is 0. The van der Waals surface area contributed by atoms with Gasteiger partial charge < -0.3 is 14.2 Å². The smallest absolute Gasteiger partial charge is 0.189 e. The summed E-state index contributed by atoms with van der Waals surface area (Å²) in [6.07, 6.45) is 0.767. The monoisotopic (exact) mass is 288 g/mol. The van der Waals surface area contributed by atoms with Gasteiger partial charge in [0, 0.05) is 17.1 Å². The third-order valence-corrected chi connectivity index (χ3v) is 2.56. The Morgan fingerprint density at radius 1 is 1.38 bits per heavy atom. The highest BCUT2D eigenvalue weighted by molar-refractivity contribution is 9.10. The fourth-order valence-corrected chi connectivity index (χ4v) is 1.35. The first kappa shape index (κ1) is 13.2. The van der Waals surface area contributed by atoms with Crippen molar-refractivity contribution in [3.8, 4) is 5.75 Å². The van der Waals surface area contributed by atoms with E-state index in [1.807, 2.05) is 0 Å². The van der Waals surface area contributed by atoms with Crippen molar-refractivity contribution in [3.63, 3.8) is 0 Å². The Morgan fingerprint density at radius 2 is 2.19 bits per heavy atom. The second-order valence-corrected chi connectivity index (χ2v) is 3.82. The van der Waals surface area contributed by atoms with Crippen LogP contribution in [0, 0.1) is 0 Å². The highest BCUT2D eigenvalue weighted by Crippen LogP contribution is 2.20. The topological polar surface area (TPSA) is 44.8 Å². The van der Waals surface area contributed by atoms with E-state index in [-0.39, 0.29) is 6.79 Å². The number of benzene rings is 1. The van der Waals surface area contributed by atoms with E-state index in [0.29, 0.717) is 24.5 Å². The molecule has 0 aliphatic rings. The van der Waals surface area contributed by atoms with Crippen LogP contribution < -0.4 is 4.74 Å². The number of hydrogen-bond acceptors (Lipinski definition) is 4.